The summed E-state index contributed by atoms with van der Waals surface area (Å²) in [5.74, 6) is -0.628. The highest BCUT2D eigenvalue weighted by molar-refractivity contribution is 7.89. The smallest absolute Gasteiger partial charge is 0.253 e. The van der Waals surface area contributed by atoms with Crippen molar-refractivity contribution in [1.29, 1.82) is 0 Å². The van der Waals surface area contributed by atoms with Gasteiger partial charge in [-0.3, -0.25) is 9.59 Å². The van der Waals surface area contributed by atoms with Crippen LogP contribution in [0.2, 0.25) is 5.02 Å². The van der Waals surface area contributed by atoms with Crippen LogP contribution in [0, 0.1) is 0 Å². The number of sulfonamides is 1. The van der Waals surface area contributed by atoms with Crippen LogP contribution >= 0.6 is 11.6 Å². The zero-order chi connectivity index (χ0) is 23.8. The van der Waals surface area contributed by atoms with Gasteiger partial charge in [-0.05, 0) is 38.3 Å². The molecule has 2 aromatic rings. The Hall–Kier alpha value is -2.14. The van der Waals surface area contributed by atoms with E-state index in [0.29, 0.717) is 6.42 Å². The standard InChI is InChI=1S/C21H28ClN3O6S/c1-5-13(15-10-7-11(3)31-15)23-16-17(20(28)19(16)27)24-14-9-8-12(22)21(18(14)26)32(29,30)25(4)6-2/h8-9,11,13,15,23-24,26H,5-7,10H2,1-4H3/t11-,13-,15-/m1/s1. The number of phenolic OH excluding ortho intramolecular Hbond substituents is 1. The van der Waals surface area contributed by atoms with Crippen LogP contribution in [0.25, 0.3) is 0 Å². The van der Waals surface area contributed by atoms with Gasteiger partial charge in [-0.1, -0.05) is 25.4 Å². The third-order valence-corrected chi connectivity index (χ3v) is 8.29. The molecule has 0 saturated carbocycles. The second-order valence-electron chi connectivity index (χ2n) is 7.95. The molecule has 0 amide bonds. The Labute approximate surface area is 192 Å². The van der Waals surface area contributed by atoms with E-state index in [1.807, 2.05) is 13.8 Å². The predicted octanol–water partition coefficient (Wildman–Crippen LogP) is 2.78. The minimum absolute atomic E-state index is 0.0377. The van der Waals surface area contributed by atoms with Crippen LogP contribution in [-0.2, 0) is 14.8 Å². The van der Waals surface area contributed by atoms with E-state index in [-0.39, 0.29) is 46.9 Å². The average molecular weight is 486 g/mol. The summed E-state index contributed by atoms with van der Waals surface area (Å²) in [6.07, 6.45) is 2.48. The second kappa shape index (κ2) is 9.38. The lowest BCUT2D eigenvalue weighted by Gasteiger charge is -2.26. The summed E-state index contributed by atoms with van der Waals surface area (Å²) in [6, 6.07) is 2.49. The molecule has 0 unspecified atom stereocenters. The van der Waals surface area contributed by atoms with Crippen LogP contribution in [0.1, 0.15) is 40.0 Å². The van der Waals surface area contributed by atoms with Crippen molar-refractivity contribution in [2.24, 2.45) is 0 Å². The highest BCUT2D eigenvalue weighted by atomic mass is 35.5. The SMILES string of the molecule is CC[C@@H](Nc1c(Nc2ccc(Cl)c(S(=O)(=O)N(C)CC)c2O)c(=O)c1=O)[C@H]1CC[C@@H](C)O1. The van der Waals surface area contributed by atoms with Crippen LogP contribution in [0.15, 0.2) is 26.6 Å². The molecule has 1 fully saturated rings. The molecule has 0 aliphatic carbocycles. The molecule has 11 heteroatoms. The average Bonchev–Trinajstić information content (AvgIpc) is 3.19. The van der Waals surface area contributed by atoms with Gasteiger partial charge in [0.15, 0.2) is 5.75 Å². The molecule has 2 aromatic carbocycles. The molecule has 1 heterocycles. The van der Waals surface area contributed by atoms with Gasteiger partial charge in [-0.2, -0.15) is 0 Å². The van der Waals surface area contributed by atoms with Gasteiger partial charge in [0.25, 0.3) is 10.9 Å². The van der Waals surface area contributed by atoms with Crippen molar-refractivity contribution >= 4 is 38.7 Å². The lowest BCUT2D eigenvalue weighted by atomic mass is 10.0. The topological polar surface area (TPSA) is 125 Å². The highest BCUT2D eigenvalue weighted by Gasteiger charge is 2.33. The summed E-state index contributed by atoms with van der Waals surface area (Å²) >= 11 is 6.07. The molecular weight excluding hydrogens is 458 g/mol. The fraction of sp³-hybridized carbons (Fsp3) is 0.524. The van der Waals surface area contributed by atoms with Crippen molar-refractivity contribution in [2.75, 3.05) is 24.2 Å². The van der Waals surface area contributed by atoms with E-state index >= 15 is 0 Å². The first kappa shape index (κ1) is 24.5. The molecule has 0 radical (unpaired) electrons. The highest BCUT2D eigenvalue weighted by Crippen LogP contribution is 2.40. The maximum absolute atomic E-state index is 12.8. The fourth-order valence-electron chi connectivity index (χ4n) is 3.77. The molecule has 9 nitrogen and oxygen atoms in total. The van der Waals surface area contributed by atoms with Crippen LogP contribution in [-0.4, -0.2) is 49.7 Å². The van der Waals surface area contributed by atoms with E-state index in [4.69, 9.17) is 16.3 Å². The summed E-state index contributed by atoms with van der Waals surface area (Å²) in [6.45, 7) is 5.75. The van der Waals surface area contributed by atoms with E-state index in [1.165, 1.54) is 19.2 Å². The molecular formula is C21H28ClN3O6S. The third-order valence-electron chi connectivity index (χ3n) is 5.85. The largest absolute Gasteiger partial charge is 0.504 e. The quantitative estimate of drug-likeness (QED) is 0.365. The number of nitrogens with zero attached hydrogens (tertiary/aromatic N) is 1. The molecule has 3 rings (SSSR count). The van der Waals surface area contributed by atoms with E-state index in [0.717, 1.165) is 17.1 Å². The van der Waals surface area contributed by atoms with Crippen molar-refractivity contribution in [3.63, 3.8) is 0 Å². The normalized spacial score (nSPS) is 20.1. The monoisotopic (exact) mass is 485 g/mol. The Morgan fingerprint density at radius 3 is 2.44 bits per heavy atom. The number of aromatic hydroxyl groups is 1. The van der Waals surface area contributed by atoms with Gasteiger partial charge < -0.3 is 20.5 Å². The Morgan fingerprint density at radius 1 is 1.22 bits per heavy atom. The number of nitrogens with one attached hydrogen (secondary N) is 2. The van der Waals surface area contributed by atoms with Crippen molar-refractivity contribution in [3.05, 3.63) is 37.6 Å². The first-order valence-electron chi connectivity index (χ1n) is 10.5. The second-order valence-corrected chi connectivity index (χ2v) is 10.3. The van der Waals surface area contributed by atoms with E-state index < -0.39 is 31.5 Å². The van der Waals surface area contributed by atoms with Gasteiger partial charge in [-0.25, -0.2) is 12.7 Å². The molecule has 0 spiro atoms. The number of benzene rings is 1. The van der Waals surface area contributed by atoms with Gasteiger partial charge >= 0.3 is 0 Å². The zero-order valence-electron chi connectivity index (χ0n) is 18.4. The molecule has 32 heavy (non-hydrogen) atoms. The van der Waals surface area contributed by atoms with E-state index in [9.17, 15) is 23.1 Å². The Balaban J connectivity index is 1.93. The Bertz CT molecular complexity index is 1180. The van der Waals surface area contributed by atoms with Crippen LogP contribution in [0.3, 0.4) is 0 Å². The lowest BCUT2D eigenvalue weighted by Crippen LogP contribution is -2.42. The van der Waals surface area contributed by atoms with Crippen molar-refractivity contribution in [2.45, 2.75) is 63.2 Å². The number of phenols is 1. The molecule has 0 bridgehead atoms. The number of ether oxygens (including phenoxy) is 1. The predicted molar refractivity (Wildman–Crippen MR) is 125 cm³/mol. The molecule has 176 valence electrons. The molecule has 1 aliphatic heterocycles. The Morgan fingerprint density at radius 2 is 1.88 bits per heavy atom. The number of hydrogen-bond donors (Lipinski definition) is 3. The minimum Gasteiger partial charge on any atom is -0.504 e. The Kier molecular flexibility index (Phi) is 7.18. The molecule has 1 saturated heterocycles. The van der Waals surface area contributed by atoms with Crippen LogP contribution < -0.4 is 21.5 Å². The molecule has 1 aliphatic rings. The van der Waals surface area contributed by atoms with E-state index in [2.05, 4.69) is 10.6 Å². The van der Waals surface area contributed by atoms with Crippen LogP contribution in [0.4, 0.5) is 17.1 Å². The first-order chi connectivity index (χ1) is 15.0. The number of anilines is 3. The van der Waals surface area contributed by atoms with Gasteiger partial charge in [-0.15, -0.1) is 0 Å². The zero-order valence-corrected chi connectivity index (χ0v) is 20.0. The third kappa shape index (κ3) is 4.36. The first-order valence-corrected chi connectivity index (χ1v) is 12.3. The fourth-order valence-corrected chi connectivity index (χ4v) is 5.54. The van der Waals surface area contributed by atoms with Gasteiger partial charge in [0.2, 0.25) is 10.0 Å². The summed E-state index contributed by atoms with van der Waals surface area (Å²) in [5, 5.41) is 16.3. The maximum Gasteiger partial charge on any atom is 0.253 e. The number of rotatable bonds is 9. The van der Waals surface area contributed by atoms with Crippen molar-refractivity contribution in [3.8, 4) is 5.75 Å². The summed E-state index contributed by atoms with van der Waals surface area (Å²) in [7, 11) is -2.70. The minimum atomic E-state index is -4.06. The number of hydrogen-bond acceptors (Lipinski definition) is 8. The van der Waals surface area contributed by atoms with Crippen molar-refractivity contribution in [1.82, 2.24) is 4.31 Å². The summed E-state index contributed by atoms with van der Waals surface area (Å²) < 4.78 is 32.4. The maximum atomic E-state index is 12.8. The summed E-state index contributed by atoms with van der Waals surface area (Å²) in [4.78, 5) is 24.0. The van der Waals surface area contributed by atoms with Gasteiger partial charge in [0.05, 0.1) is 29.0 Å². The molecule has 3 N–H and O–H groups in total. The van der Waals surface area contributed by atoms with E-state index in [1.54, 1.807) is 6.92 Å². The molecule has 3 atom stereocenters. The van der Waals surface area contributed by atoms with Gasteiger partial charge in [0.1, 0.15) is 16.3 Å². The van der Waals surface area contributed by atoms with Crippen LogP contribution in [0.5, 0.6) is 5.75 Å². The van der Waals surface area contributed by atoms with Gasteiger partial charge in [0, 0.05) is 13.6 Å². The van der Waals surface area contributed by atoms with Crippen molar-refractivity contribution < 1.29 is 18.3 Å². The summed E-state index contributed by atoms with van der Waals surface area (Å²) in [5.41, 5.74) is -1.43. The number of halogens is 1. The lowest BCUT2D eigenvalue weighted by molar-refractivity contribution is 0.0438. The molecule has 0 aromatic heterocycles.